The molecule has 0 bridgehead atoms. The van der Waals surface area contributed by atoms with Crippen LogP contribution in [0.3, 0.4) is 0 Å². The van der Waals surface area contributed by atoms with Crippen molar-refractivity contribution in [2.75, 3.05) is 38.7 Å². The summed E-state index contributed by atoms with van der Waals surface area (Å²) in [6, 6.07) is 2.34. The average molecular weight is 298 g/mol. The Morgan fingerprint density at radius 1 is 1.53 bits per heavy atom. The number of rotatable bonds is 3. The molecular weight excluding hydrogens is 276 g/mol. The zero-order valence-electron chi connectivity index (χ0n) is 11.9. The SMILES string of the molecule is Cc1csc(C(=O)N2CCCSC[C@@H]2CN(C)C)c1. The topological polar surface area (TPSA) is 23.6 Å². The van der Waals surface area contributed by atoms with Crippen molar-refractivity contribution in [1.29, 1.82) is 0 Å². The van der Waals surface area contributed by atoms with Crippen LogP contribution in [0.25, 0.3) is 0 Å². The van der Waals surface area contributed by atoms with Gasteiger partial charge in [-0.05, 0) is 50.2 Å². The normalized spacial score (nSPS) is 20.6. The van der Waals surface area contributed by atoms with Crippen LogP contribution < -0.4 is 0 Å². The van der Waals surface area contributed by atoms with Crippen LogP contribution in [0.5, 0.6) is 0 Å². The van der Waals surface area contributed by atoms with E-state index in [1.54, 1.807) is 11.3 Å². The minimum absolute atomic E-state index is 0.215. The fourth-order valence-corrected chi connectivity index (χ4v) is 4.26. The number of aryl methyl sites for hydroxylation is 1. The van der Waals surface area contributed by atoms with Gasteiger partial charge >= 0.3 is 0 Å². The number of thioether (sulfide) groups is 1. The summed E-state index contributed by atoms with van der Waals surface area (Å²) >= 11 is 3.54. The zero-order chi connectivity index (χ0) is 13.8. The number of nitrogens with zero attached hydrogens (tertiary/aromatic N) is 2. The van der Waals surface area contributed by atoms with E-state index >= 15 is 0 Å². The van der Waals surface area contributed by atoms with E-state index in [4.69, 9.17) is 0 Å². The third-order valence-electron chi connectivity index (χ3n) is 3.22. The second-order valence-electron chi connectivity index (χ2n) is 5.33. The fraction of sp³-hybridized carbons (Fsp3) is 0.643. The molecule has 1 aromatic heterocycles. The molecule has 1 aromatic rings. The highest BCUT2D eigenvalue weighted by atomic mass is 32.2. The maximum atomic E-state index is 12.7. The van der Waals surface area contributed by atoms with Gasteiger partial charge in [0.1, 0.15) is 0 Å². The summed E-state index contributed by atoms with van der Waals surface area (Å²) in [6.45, 7) is 3.88. The Morgan fingerprint density at radius 3 is 2.95 bits per heavy atom. The summed E-state index contributed by atoms with van der Waals surface area (Å²) in [4.78, 5) is 17.8. The lowest BCUT2D eigenvalue weighted by atomic mass is 10.2. The number of thiophene rings is 1. The summed E-state index contributed by atoms with van der Waals surface area (Å²) in [5, 5.41) is 2.06. The smallest absolute Gasteiger partial charge is 0.264 e. The third kappa shape index (κ3) is 3.97. The molecule has 0 radical (unpaired) electrons. The van der Waals surface area contributed by atoms with Crippen molar-refractivity contribution < 1.29 is 4.79 Å². The van der Waals surface area contributed by atoms with Gasteiger partial charge in [0.25, 0.3) is 5.91 Å². The molecule has 106 valence electrons. The molecule has 5 heteroatoms. The predicted molar refractivity (Wildman–Crippen MR) is 84.4 cm³/mol. The van der Waals surface area contributed by atoms with Gasteiger partial charge in [0.15, 0.2) is 0 Å². The Morgan fingerprint density at radius 2 is 2.32 bits per heavy atom. The van der Waals surface area contributed by atoms with E-state index in [0.29, 0.717) is 6.04 Å². The van der Waals surface area contributed by atoms with Gasteiger partial charge in [-0.15, -0.1) is 11.3 Å². The highest BCUT2D eigenvalue weighted by molar-refractivity contribution is 7.99. The van der Waals surface area contributed by atoms with Crippen molar-refractivity contribution >= 4 is 29.0 Å². The number of carbonyl (C=O) groups is 1. The molecule has 1 fully saturated rings. The van der Waals surface area contributed by atoms with E-state index in [1.165, 1.54) is 5.56 Å². The van der Waals surface area contributed by atoms with Crippen molar-refractivity contribution in [2.24, 2.45) is 0 Å². The molecule has 1 aliphatic rings. The first-order chi connectivity index (χ1) is 9.08. The van der Waals surface area contributed by atoms with E-state index in [9.17, 15) is 4.79 Å². The highest BCUT2D eigenvalue weighted by Gasteiger charge is 2.27. The molecule has 1 amide bonds. The Bertz CT molecular complexity index is 431. The minimum atomic E-state index is 0.215. The van der Waals surface area contributed by atoms with Crippen molar-refractivity contribution in [2.45, 2.75) is 19.4 Å². The lowest BCUT2D eigenvalue weighted by Gasteiger charge is -2.31. The summed E-state index contributed by atoms with van der Waals surface area (Å²) in [7, 11) is 4.15. The van der Waals surface area contributed by atoms with Crippen LogP contribution >= 0.6 is 23.1 Å². The Kier molecular flexibility index (Phi) is 5.30. The number of hydrogen-bond acceptors (Lipinski definition) is 4. The number of amides is 1. The van der Waals surface area contributed by atoms with Gasteiger partial charge < -0.3 is 9.80 Å². The Hall–Kier alpha value is -0.520. The second-order valence-corrected chi connectivity index (χ2v) is 7.39. The standard InChI is InChI=1S/C14H22N2OS2/c1-11-7-13(19-9-11)14(17)16-5-4-6-18-10-12(16)8-15(2)3/h7,9,12H,4-6,8,10H2,1-3H3/t12-/m0/s1. The van der Waals surface area contributed by atoms with Crippen molar-refractivity contribution in [1.82, 2.24) is 9.80 Å². The molecule has 0 aliphatic carbocycles. The third-order valence-corrected chi connectivity index (χ3v) is 5.45. The monoisotopic (exact) mass is 298 g/mol. The van der Waals surface area contributed by atoms with Crippen LogP contribution in [-0.2, 0) is 0 Å². The van der Waals surface area contributed by atoms with Gasteiger partial charge in [-0.25, -0.2) is 0 Å². The molecular formula is C14H22N2OS2. The number of carbonyl (C=O) groups excluding carboxylic acids is 1. The quantitative estimate of drug-likeness (QED) is 0.857. The van der Waals surface area contributed by atoms with Gasteiger partial charge in [-0.3, -0.25) is 4.79 Å². The summed E-state index contributed by atoms with van der Waals surface area (Å²) in [5.74, 6) is 2.43. The van der Waals surface area contributed by atoms with Crippen molar-refractivity contribution in [3.8, 4) is 0 Å². The molecule has 1 atom stereocenters. The lowest BCUT2D eigenvalue weighted by molar-refractivity contribution is 0.0680. The first-order valence-corrected chi connectivity index (χ1v) is 8.70. The van der Waals surface area contributed by atoms with Crippen LogP contribution in [-0.4, -0.2) is 60.4 Å². The molecule has 0 aromatic carbocycles. The molecule has 0 spiro atoms. The first kappa shape index (κ1) is 14.9. The molecule has 1 saturated heterocycles. The maximum Gasteiger partial charge on any atom is 0.264 e. The van der Waals surface area contributed by atoms with E-state index in [0.717, 1.165) is 35.9 Å². The van der Waals surface area contributed by atoms with Crippen LogP contribution in [0, 0.1) is 6.92 Å². The van der Waals surface area contributed by atoms with Crippen LogP contribution in [0.2, 0.25) is 0 Å². The predicted octanol–water partition coefficient (Wildman–Crippen LogP) is 2.57. The van der Waals surface area contributed by atoms with E-state index < -0.39 is 0 Å². The van der Waals surface area contributed by atoms with E-state index in [1.807, 2.05) is 24.8 Å². The maximum absolute atomic E-state index is 12.7. The molecule has 1 aliphatic heterocycles. The molecule has 3 nitrogen and oxygen atoms in total. The van der Waals surface area contributed by atoms with Gasteiger partial charge in [0.2, 0.25) is 0 Å². The highest BCUT2D eigenvalue weighted by Crippen LogP contribution is 2.22. The molecule has 2 heterocycles. The average Bonchev–Trinajstić information content (AvgIpc) is 2.65. The lowest BCUT2D eigenvalue weighted by Crippen LogP contribution is -2.46. The van der Waals surface area contributed by atoms with Gasteiger partial charge in [0, 0.05) is 18.8 Å². The van der Waals surface area contributed by atoms with Crippen molar-refractivity contribution in [3.63, 3.8) is 0 Å². The molecule has 19 heavy (non-hydrogen) atoms. The minimum Gasteiger partial charge on any atom is -0.333 e. The van der Waals surface area contributed by atoms with Gasteiger partial charge in [-0.1, -0.05) is 0 Å². The van der Waals surface area contributed by atoms with Crippen LogP contribution in [0.4, 0.5) is 0 Å². The zero-order valence-corrected chi connectivity index (χ0v) is 13.5. The first-order valence-electron chi connectivity index (χ1n) is 6.66. The Labute approximate surface area is 124 Å². The summed E-state index contributed by atoms with van der Waals surface area (Å²) in [5.41, 5.74) is 1.18. The van der Waals surface area contributed by atoms with Crippen molar-refractivity contribution in [3.05, 3.63) is 21.9 Å². The summed E-state index contributed by atoms with van der Waals surface area (Å²) < 4.78 is 0. The molecule has 0 N–H and O–H groups in total. The van der Waals surface area contributed by atoms with E-state index in [2.05, 4.69) is 29.3 Å². The fourth-order valence-electron chi connectivity index (χ4n) is 2.35. The molecule has 2 rings (SSSR count). The van der Waals surface area contributed by atoms with Crippen LogP contribution in [0.1, 0.15) is 21.7 Å². The van der Waals surface area contributed by atoms with Crippen LogP contribution in [0.15, 0.2) is 11.4 Å². The van der Waals surface area contributed by atoms with E-state index in [-0.39, 0.29) is 5.91 Å². The molecule has 0 unspecified atom stereocenters. The van der Waals surface area contributed by atoms with Gasteiger partial charge in [-0.2, -0.15) is 11.8 Å². The van der Waals surface area contributed by atoms with Gasteiger partial charge in [0.05, 0.1) is 10.9 Å². The summed E-state index contributed by atoms with van der Waals surface area (Å²) in [6.07, 6.45) is 1.10. The second kappa shape index (κ2) is 6.77. The largest absolute Gasteiger partial charge is 0.333 e. The molecule has 0 saturated carbocycles. The number of likely N-dealkylation sites (N-methyl/N-ethyl adjacent to an activating group) is 1. The Balaban J connectivity index is 2.14. The number of hydrogen-bond donors (Lipinski definition) is 0.